The van der Waals surface area contributed by atoms with Crippen molar-refractivity contribution in [3.63, 3.8) is 0 Å². The molecule has 1 N–H and O–H groups in total. The van der Waals surface area contributed by atoms with Crippen molar-refractivity contribution < 1.29 is 14.3 Å². The van der Waals surface area contributed by atoms with E-state index in [2.05, 4.69) is 10.1 Å². The standard InChI is InChI=1S/C15H20N2O3/c1-20-15(19)16-13(11-12-7-3-2-4-8-12)14(18)17-9-5-6-10-17/h2-4,7-8,13H,5-6,9-11H2,1H3,(H,16,19). The highest BCUT2D eigenvalue weighted by atomic mass is 16.5. The molecule has 2 amide bonds. The maximum absolute atomic E-state index is 12.5. The molecule has 1 unspecified atom stereocenters. The smallest absolute Gasteiger partial charge is 0.407 e. The molecule has 1 aliphatic rings. The second-order valence-corrected chi connectivity index (χ2v) is 4.91. The van der Waals surface area contributed by atoms with E-state index in [1.807, 2.05) is 35.2 Å². The van der Waals surface area contributed by atoms with Gasteiger partial charge in [-0.3, -0.25) is 4.79 Å². The zero-order chi connectivity index (χ0) is 14.4. The molecule has 0 aromatic heterocycles. The van der Waals surface area contributed by atoms with Crippen LogP contribution in [0, 0.1) is 0 Å². The van der Waals surface area contributed by atoms with E-state index in [4.69, 9.17) is 0 Å². The van der Waals surface area contributed by atoms with Crippen LogP contribution in [-0.4, -0.2) is 43.1 Å². The Morgan fingerprint density at radius 2 is 1.90 bits per heavy atom. The summed E-state index contributed by atoms with van der Waals surface area (Å²) in [6, 6.07) is 9.10. The maximum Gasteiger partial charge on any atom is 0.407 e. The van der Waals surface area contributed by atoms with Crippen molar-refractivity contribution >= 4 is 12.0 Å². The number of nitrogens with zero attached hydrogens (tertiary/aromatic N) is 1. The molecule has 1 atom stereocenters. The van der Waals surface area contributed by atoms with Crippen molar-refractivity contribution in [3.05, 3.63) is 35.9 Å². The molecule has 20 heavy (non-hydrogen) atoms. The van der Waals surface area contributed by atoms with Gasteiger partial charge in [0.1, 0.15) is 6.04 Å². The van der Waals surface area contributed by atoms with E-state index >= 15 is 0 Å². The van der Waals surface area contributed by atoms with E-state index in [1.54, 1.807) is 0 Å². The SMILES string of the molecule is COC(=O)NC(Cc1ccccc1)C(=O)N1CCCC1. The zero-order valence-corrected chi connectivity index (χ0v) is 11.7. The highest BCUT2D eigenvalue weighted by molar-refractivity contribution is 5.86. The van der Waals surface area contributed by atoms with E-state index in [0.717, 1.165) is 31.5 Å². The number of likely N-dealkylation sites (tertiary alicyclic amines) is 1. The number of carbonyl (C=O) groups excluding carboxylic acids is 2. The van der Waals surface area contributed by atoms with Crippen LogP contribution in [-0.2, 0) is 16.0 Å². The topological polar surface area (TPSA) is 58.6 Å². The Morgan fingerprint density at radius 1 is 1.25 bits per heavy atom. The largest absolute Gasteiger partial charge is 0.453 e. The van der Waals surface area contributed by atoms with Gasteiger partial charge in [-0.05, 0) is 18.4 Å². The van der Waals surface area contributed by atoms with Crippen LogP contribution >= 0.6 is 0 Å². The Labute approximate surface area is 118 Å². The van der Waals surface area contributed by atoms with Gasteiger partial charge < -0.3 is 15.0 Å². The average molecular weight is 276 g/mol. The second-order valence-electron chi connectivity index (χ2n) is 4.91. The number of alkyl carbamates (subject to hydrolysis) is 1. The Hall–Kier alpha value is -2.04. The van der Waals surface area contributed by atoms with E-state index in [1.165, 1.54) is 7.11 Å². The van der Waals surface area contributed by atoms with Gasteiger partial charge in [-0.15, -0.1) is 0 Å². The number of nitrogens with one attached hydrogen (secondary N) is 1. The van der Waals surface area contributed by atoms with Crippen LogP contribution in [0.2, 0.25) is 0 Å². The third kappa shape index (κ3) is 3.73. The van der Waals surface area contributed by atoms with E-state index in [-0.39, 0.29) is 5.91 Å². The van der Waals surface area contributed by atoms with Gasteiger partial charge in [-0.1, -0.05) is 30.3 Å². The first-order valence-electron chi connectivity index (χ1n) is 6.88. The average Bonchev–Trinajstić information content (AvgIpc) is 3.01. The number of carbonyl (C=O) groups is 2. The van der Waals surface area contributed by atoms with Crippen molar-refractivity contribution in [2.75, 3.05) is 20.2 Å². The fraction of sp³-hybridized carbons (Fsp3) is 0.467. The summed E-state index contributed by atoms with van der Waals surface area (Å²) >= 11 is 0. The summed E-state index contributed by atoms with van der Waals surface area (Å²) in [7, 11) is 1.30. The van der Waals surface area contributed by atoms with Gasteiger partial charge in [0.05, 0.1) is 7.11 Å². The van der Waals surface area contributed by atoms with Crippen LogP contribution in [0.15, 0.2) is 30.3 Å². The molecule has 1 saturated heterocycles. The van der Waals surface area contributed by atoms with Crippen LogP contribution in [0.3, 0.4) is 0 Å². The fourth-order valence-corrected chi connectivity index (χ4v) is 2.41. The summed E-state index contributed by atoms with van der Waals surface area (Å²) in [5.41, 5.74) is 1.02. The van der Waals surface area contributed by atoms with Gasteiger partial charge in [-0.25, -0.2) is 4.79 Å². The van der Waals surface area contributed by atoms with Crippen molar-refractivity contribution in [1.82, 2.24) is 10.2 Å². The molecule has 1 aromatic rings. The molecule has 1 aliphatic heterocycles. The highest BCUT2D eigenvalue weighted by Crippen LogP contribution is 2.12. The maximum atomic E-state index is 12.5. The predicted octanol–water partition coefficient (Wildman–Crippen LogP) is 1.58. The molecule has 1 heterocycles. The third-order valence-electron chi connectivity index (χ3n) is 3.48. The molecule has 0 radical (unpaired) electrons. The van der Waals surface area contributed by atoms with Gasteiger partial charge >= 0.3 is 6.09 Å². The molecule has 1 fully saturated rings. The van der Waals surface area contributed by atoms with Crippen molar-refractivity contribution in [3.8, 4) is 0 Å². The van der Waals surface area contributed by atoms with Crippen LogP contribution in [0.25, 0.3) is 0 Å². The van der Waals surface area contributed by atoms with Crippen molar-refractivity contribution in [2.24, 2.45) is 0 Å². The number of rotatable bonds is 4. The highest BCUT2D eigenvalue weighted by Gasteiger charge is 2.28. The lowest BCUT2D eigenvalue weighted by Gasteiger charge is -2.23. The number of ether oxygens (including phenoxy) is 1. The Kier molecular flexibility index (Phi) is 4.98. The molecule has 5 heteroatoms. The lowest BCUT2D eigenvalue weighted by molar-refractivity contribution is -0.132. The molecule has 1 aromatic carbocycles. The van der Waals surface area contributed by atoms with Crippen LogP contribution in [0.5, 0.6) is 0 Å². The monoisotopic (exact) mass is 276 g/mol. The van der Waals surface area contributed by atoms with Gasteiger partial charge in [0, 0.05) is 19.5 Å². The minimum atomic E-state index is -0.571. The number of hydrogen-bond donors (Lipinski definition) is 1. The predicted molar refractivity (Wildman–Crippen MR) is 75.3 cm³/mol. The Morgan fingerprint density at radius 3 is 2.50 bits per heavy atom. The van der Waals surface area contributed by atoms with Gasteiger partial charge in [0.2, 0.25) is 5.91 Å². The summed E-state index contributed by atoms with van der Waals surface area (Å²) in [4.78, 5) is 25.7. The van der Waals surface area contributed by atoms with Crippen molar-refractivity contribution in [1.29, 1.82) is 0 Å². The molecule has 0 saturated carbocycles. The number of benzene rings is 1. The quantitative estimate of drug-likeness (QED) is 0.908. The Bertz CT molecular complexity index is 455. The van der Waals surface area contributed by atoms with Crippen LogP contribution in [0.1, 0.15) is 18.4 Å². The first-order chi connectivity index (χ1) is 9.70. The molecule has 2 rings (SSSR count). The summed E-state index contributed by atoms with van der Waals surface area (Å²) in [6.07, 6.45) is 1.97. The lowest BCUT2D eigenvalue weighted by atomic mass is 10.1. The first-order valence-corrected chi connectivity index (χ1v) is 6.88. The summed E-state index contributed by atoms with van der Waals surface area (Å²) in [6.45, 7) is 1.54. The molecule has 0 bridgehead atoms. The van der Waals surface area contributed by atoms with Gasteiger partial charge in [0.25, 0.3) is 0 Å². The second kappa shape index (κ2) is 6.93. The molecular weight excluding hydrogens is 256 g/mol. The minimum absolute atomic E-state index is 0.0308. The minimum Gasteiger partial charge on any atom is -0.453 e. The van der Waals surface area contributed by atoms with Crippen LogP contribution in [0.4, 0.5) is 4.79 Å². The third-order valence-corrected chi connectivity index (χ3v) is 3.48. The summed E-state index contributed by atoms with van der Waals surface area (Å²) in [5.74, 6) is -0.0308. The van der Waals surface area contributed by atoms with E-state index in [0.29, 0.717) is 6.42 Å². The normalized spacial score (nSPS) is 15.8. The summed E-state index contributed by atoms with van der Waals surface area (Å²) in [5, 5.41) is 2.64. The fourth-order valence-electron chi connectivity index (χ4n) is 2.41. The van der Waals surface area contributed by atoms with E-state index in [9.17, 15) is 9.59 Å². The van der Waals surface area contributed by atoms with Crippen LogP contribution < -0.4 is 5.32 Å². The first kappa shape index (κ1) is 14.4. The molecule has 5 nitrogen and oxygen atoms in total. The van der Waals surface area contributed by atoms with E-state index < -0.39 is 12.1 Å². The van der Waals surface area contributed by atoms with Gasteiger partial charge in [-0.2, -0.15) is 0 Å². The zero-order valence-electron chi connectivity index (χ0n) is 11.7. The molecule has 0 aliphatic carbocycles. The number of hydrogen-bond acceptors (Lipinski definition) is 3. The van der Waals surface area contributed by atoms with Gasteiger partial charge in [0.15, 0.2) is 0 Å². The Balaban J connectivity index is 2.07. The molecular formula is C15H20N2O3. The summed E-state index contributed by atoms with van der Waals surface area (Å²) < 4.78 is 4.61. The number of methoxy groups -OCH3 is 1. The molecule has 0 spiro atoms. The lowest BCUT2D eigenvalue weighted by Crippen LogP contribution is -2.48. The van der Waals surface area contributed by atoms with Crippen molar-refractivity contribution in [2.45, 2.75) is 25.3 Å². The molecule has 108 valence electrons. The number of amides is 2.